The molecule has 1 aromatic heterocycles. The van der Waals surface area contributed by atoms with Crippen LogP contribution in [0.5, 0.6) is 5.75 Å². The van der Waals surface area contributed by atoms with Crippen molar-refractivity contribution in [1.29, 1.82) is 0 Å². The number of thioether (sulfide) groups is 1. The molecule has 0 saturated heterocycles. The van der Waals surface area contributed by atoms with Crippen LogP contribution in [-0.2, 0) is 0 Å². The lowest BCUT2D eigenvalue weighted by Gasteiger charge is -2.05. The fraction of sp³-hybridized carbons (Fsp3) is 0.167. The Bertz CT molecular complexity index is 813. The molecule has 0 radical (unpaired) electrons. The molecule has 0 atom stereocenters. The fourth-order valence-corrected chi connectivity index (χ4v) is 3.11. The summed E-state index contributed by atoms with van der Waals surface area (Å²) in [6.07, 6.45) is 1.73. The number of rotatable bonds is 6. The summed E-state index contributed by atoms with van der Waals surface area (Å²) >= 11 is 1.41. The number of hydrogen-bond acceptors (Lipinski definition) is 5. The lowest BCUT2D eigenvalue weighted by atomic mass is 10.1. The van der Waals surface area contributed by atoms with Gasteiger partial charge in [-0.15, -0.1) is 5.10 Å². The number of carbonyl (C=O) groups excluding carboxylic acids is 1. The van der Waals surface area contributed by atoms with Crippen LogP contribution in [0.15, 0.2) is 59.8 Å². The Hall–Kier alpha value is -2.40. The quantitative estimate of drug-likeness (QED) is 0.506. The largest absolute Gasteiger partial charge is 0.494 e. The molecule has 0 aliphatic rings. The van der Waals surface area contributed by atoms with Crippen LogP contribution in [0, 0.1) is 0 Å². The van der Waals surface area contributed by atoms with E-state index in [4.69, 9.17) is 4.74 Å². The van der Waals surface area contributed by atoms with Crippen LogP contribution in [0.4, 0.5) is 0 Å². The molecule has 4 nitrogen and oxygen atoms in total. The molecule has 0 aliphatic carbocycles. The van der Waals surface area contributed by atoms with Gasteiger partial charge in [-0.25, -0.2) is 0 Å². The fourth-order valence-electron chi connectivity index (χ4n) is 2.23. The Morgan fingerprint density at radius 3 is 2.70 bits per heavy atom. The summed E-state index contributed by atoms with van der Waals surface area (Å²) in [5.74, 6) is 1.17. The third-order valence-electron chi connectivity index (χ3n) is 3.36. The first-order valence-electron chi connectivity index (χ1n) is 7.37. The highest BCUT2D eigenvalue weighted by Gasteiger charge is 2.10. The van der Waals surface area contributed by atoms with Crippen molar-refractivity contribution < 1.29 is 9.53 Å². The molecular formula is C18H16N2O2S. The van der Waals surface area contributed by atoms with Crippen molar-refractivity contribution >= 4 is 28.3 Å². The number of benzene rings is 2. The predicted molar refractivity (Wildman–Crippen MR) is 92.2 cm³/mol. The molecule has 3 aromatic rings. The number of fused-ring (bicyclic) bond motifs is 1. The molecule has 0 spiro atoms. The minimum Gasteiger partial charge on any atom is -0.494 e. The van der Waals surface area contributed by atoms with Gasteiger partial charge >= 0.3 is 0 Å². The molecule has 0 fully saturated rings. The highest BCUT2D eigenvalue weighted by atomic mass is 32.2. The molecule has 0 bridgehead atoms. The van der Waals surface area contributed by atoms with Gasteiger partial charge in [-0.3, -0.25) is 4.79 Å². The molecule has 116 valence electrons. The first-order chi connectivity index (χ1) is 11.3. The Balaban J connectivity index is 1.70. The lowest BCUT2D eigenvalue weighted by molar-refractivity contribution is 0.102. The van der Waals surface area contributed by atoms with Crippen LogP contribution in [-0.4, -0.2) is 28.3 Å². The molecule has 1 heterocycles. The van der Waals surface area contributed by atoms with Crippen LogP contribution >= 0.6 is 11.8 Å². The number of ether oxygens (including phenoxy) is 1. The number of carbonyl (C=O) groups is 1. The molecule has 0 saturated carbocycles. The second-order valence-electron chi connectivity index (χ2n) is 4.91. The minimum absolute atomic E-state index is 0.0628. The minimum atomic E-state index is 0.0628. The number of hydrogen-bond donors (Lipinski definition) is 0. The van der Waals surface area contributed by atoms with Crippen molar-refractivity contribution in [3.63, 3.8) is 0 Å². The summed E-state index contributed by atoms with van der Waals surface area (Å²) in [4.78, 5) is 12.3. The average molecular weight is 324 g/mol. The van der Waals surface area contributed by atoms with Crippen molar-refractivity contribution in [2.24, 2.45) is 0 Å². The number of ketones is 1. The monoisotopic (exact) mass is 324 g/mol. The Morgan fingerprint density at radius 1 is 1.13 bits per heavy atom. The Labute approximate surface area is 138 Å². The zero-order chi connectivity index (χ0) is 16.1. The zero-order valence-corrected chi connectivity index (χ0v) is 13.5. The average Bonchev–Trinajstić information content (AvgIpc) is 2.60. The van der Waals surface area contributed by atoms with Gasteiger partial charge in [0.25, 0.3) is 0 Å². The zero-order valence-electron chi connectivity index (χ0n) is 12.7. The first kappa shape index (κ1) is 15.5. The highest BCUT2D eigenvalue weighted by molar-refractivity contribution is 8.00. The van der Waals surface area contributed by atoms with E-state index < -0.39 is 0 Å². The number of aromatic nitrogens is 2. The second kappa shape index (κ2) is 7.24. The van der Waals surface area contributed by atoms with E-state index in [0.29, 0.717) is 17.9 Å². The van der Waals surface area contributed by atoms with E-state index in [1.807, 2.05) is 43.3 Å². The molecular weight excluding hydrogens is 308 g/mol. The SMILES string of the molecule is CCOc1ccc(C(=O)CSc2nncc3ccccc23)cc1. The van der Waals surface area contributed by atoms with Crippen molar-refractivity contribution in [2.45, 2.75) is 11.9 Å². The molecule has 0 aliphatic heterocycles. The number of Topliss-reactive ketones (excluding diaryl/α,β-unsaturated/α-hetero) is 1. The van der Waals surface area contributed by atoms with Gasteiger partial charge in [-0.1, -0.05) is 36.0 Å². The predicted octanol–water partition coefficient (Wildman–Crippen LogP) is 4.00. The number of nitrogens with zero attached hydrogens (tertiary/aromatic N) is 2. The van der Waals surface area contributed by atoms with Gasteiger partial charge in [0.1, 0.15) is 10.8 Å². The van der Waals surface area contributed by atoms with E-state index in [1.54, 1.807) is 18.3 Å². The van der Waals surface area contributed by atoms with Gasteiger partial charge in [-0.2, -0.15) is 5.10 Å². The molecule has 23 heavy (non-hydrogen) atoms. The van der Waals surface area contributed by atoms with Crippen molar-refractivity contribution in [1.82, 2.24) is 10.2 Å². The van der Waals surface area contributed by atoms with E-state index in [2.05, 4.69) is 10.2 Å². The molecule has 0 amide bonds. The summed E-state index contributed by atoms with van der Waals surface area (Å²) in [6.45, 7) is 2.55. The maximum Gasteiger partial charge on any atom is 0.173 e. The van der Waals surface area contributed by atoms with Crippen LogP contribution in [0.25, 0.3) is 10.8 Å². The van der Waals surface area contributed by atoms with Crippen molar-refractivity contribution in [2.75, 3.05) is 12.4 Å². The standard InChI is InChI=1S/C18H16N2O2S/c1-2-22-15-9-7-13(8-10-15)17(21)12-23-18-16-6-4-3-5-14(16)11-19-20-18/h3-11H,2,12H2,1H3. The third-order valence-corrected chi connectivity index (χ3v) is 4.35. The maximum atomic E-state index is 12.3. The van der Waals surface area contributed by atoms with E-state index in [1.165, 1.54) is 11.8 Å². The Kier molecular flexibility index (Phi) is 4.88. The molecule has 3 rings (SSSR count). The third kappa shape index (κ3) is 3.68. The van der Waals surface area contributed by atoms with E-state index >= 15 is 0 Å². The van der Waals surface area contributed by atoms with Crippen molar-refractivity contribution in [3.8, 4) is 5.75 Å². The van der Waals surface area contributed by atoms with Gasteiger partial charge in [0, 0.05) is 16.3 Å². The van der Waals surface area contributed by atoms with Gasteiger partial charge in [0.05, 0.1) is 18.6 Å². The summed E-state index contributed by atoms with van der Waals surface area (Å²) < 4.78 is 5.38. The van der Waals surface area contributed by atoms with Crippen LogP contribution in [0.3, 0.4) is 0 Å². The van der Waals surface area contributed by atoms with Gasteiger partial charge in [-0.05, 0) is 31.2 Å². The van der Waals surface area contributed by atoms with Crippen LogP contribution in [0.2, 0.25) is 0 Å². The lowest BCUT2D eigenvalue weighted by Crippen LogP contribution is -2.03. The summed E-state index contributed by atoms with van der Waals surface area (Å²) in [6, 6.07) is 15.1. The maximum absolute atomic E-state index is 12.3. The van der Waals surface area contributed by atoms with E-state index in [-0.39, 0.29) is 5.78 Å². The molecule has 5 heteroatoms. The van der Waals surface area contributed by atoms with Gasteiger partial charge in [0.15, 0.2) is 5.78 Å². The summed E-state index contributed by atoms with van der Waals surface area (Å²) in [7, 11) is 0. The second-order valence-corrected chi connectivity index (χ2v) is 5.87. The van der Waals surface area contributed by atoms with Crippen LogP contribution < -0.4 is 4.74 Å². The van der Waals surface area contributed by atoms with Gasteiger partial charge in [0.2, 0.25) is 0 Å². The molecule has 2 aromatic carbocycles. The summed E-state index contributed by atoms with van der Waals surface area (Å²) in [5, 5.41) is 11.0. The molecule has 0 unspecified atom stereocenters. The van der Waals surface area contributed by atoms with Crippen molar-refractivity contribution in [3.05, 3.63) is 60.3 Å². The Morgan fingerprint density at radius 2 is 1.91 bits per heavy atom. The van der Waals surface area contributed by atoms with E-state index in [0.717, 1.165) is 21.5 Å². The van der Waals surface area contributed by atoms with Crippen LogP contribution in [0.1, 0.15) is 17.3 Å². The molecule has 0 N–H and O–H groups in total. The highest BCUT2D eigenvalue weighted by Crippen LogP contribution is 2.25. The van der Waals surface area contributed by atoms with E-state index in [9.17, 15) is 4.79 Å². The first-order valence-corrected chi connectivity index (χ1v) is 8.36. The topological polar surface area (TPSA) is 52.1 Å². The van der Waals surface area contributed by atoms with Gasteiger partial charge < -0.3 is 4.74 Å². The normalized spacial score (nSPS) is 10.7. The smallest absolute Gasteiger partial charge is 0.173 e. The summed E-state index contributed by atoms with van der Waals surface area (Å²) in [5.41, 5.74) is 0.675.